The van der Waals surface area contributed by atoms with Crippen molar-refractivity contribution in [3.63, 3.8) is 0 Å². The van der Waals surface area contributed by atoms with Crippen molar-refractivity contribution in [2.75, 3.05) is 13.6 Å². The van der Waals surface area contributed by atoms with Crippen molar-refractivity contribution in [3.05, 3.63) is 18.2 Å². The lowest BCUT2D eigenvalue weighted by Crippen LogP contribution is -2.63. The molecule has 4 unspecified atom stereocenters. The van der Waals surface area contributed by atoms with Crippen LogP contribution in [0.2, 0.25) is 0 Å². The molecule has 2 bridgehead atoms. The van der Waals surface area contributed by atoms with Crippen molar-refractivity contribution in [1.29, 1.82) is 0 Å². The van der Waals surface area contributed by atoms with Gasteiger partial charge in [-0.3, -0.25) is 9.69 Å². The largest absolute Gasteiger partial charge is 0.344 e. The van der Waals surface area contributed by atoms with Crippen LogP contribution in [0.1, 0.15) is 70.7 Å². The zero-order valence-corrected chi connectivity index (χ0v) is 17.4. The molecule has 5 heteroatoms. The van der Waals surface area contributed by atoms with Crippen LogP contribution in [0, 0.1) is 23.7 Å². The number of aryl methyl sites for hydroxylation is 1. The molecule has 1 N–H and O–H groups in total. The van der Waals surface area contributed by atoms with Crippen molar-refractivity contribution in [1.82, 2.24) is 19.8 Å². The van der Waals surface area contributed by atoms with Gasteiger partial charge in [-0.25, -0.2) is 4.98 Å². The lowest BCUT2D eigenvalue weighted by atomic mass is 9.66. The molecule has 4 aliphatic rings. The van der Waals surface area contributed by atoms with Gasteiger partial charge < -0.3 is 9.88 Å². The number of carbonyl (C=O) groups excluding carboxylic acids is 1. The maximum Gasteiger partial charge on any atom is 0.224 e. The summed E-state index contributed by atoms with van der Waals surface area (Å²) in [6, 6.07) is -0.0271. The number of nitrogens with one attached hydrogen (secondary N) is 1. The summed E-state index contributed by atoms with van der Waals surface area (Å²) in [6.07, 6.45) is 12.2. The molecule has 0 radical (unpaired) electrons. The molecule has 5 rings (SSSR count). The average Bonchev–Trinajstić information content (AvgIpc) is 3.08. The fourth-order valence-corrected chi connectivity index (χ4v) is 6.12. The number of carbonyl (C=O) groups is 1. The quantitative estimate of drug-likeness (QED) is 0.880. The zero-order chi connectivity index (χ0) is 19.2. The SMILES string of the molecule is CC1CCCC(C(=O)NC(c2nccn2C)C23CCC(CC2)CN3C)C1C. The predicted molar refractivity (Wildman–Crippen MR) is 107 cm³/mol. The Hall–Kier alpha value is -1.36. The summed E-state index contributed by atoms with van der Waals surface area (Å²) in [5, 5.41) is 3.53. The van der Waals surface area contributed by atoms with Crippen molar-refractivity contribution >= 4 is 5.91 Å². The normalized spacial score (nSPS) is 37.9. The Morgan fingerprint density at radius 2 is 1.96 bits per heavy atom. The number of amides is 1. The number of hydrogen-bond donors (Lipinski definition) is 1. The summed E-state index contributed by atoms with van der Waals surface area (Å²) in [5.74, 6) is 3.31. The first-order valence-corrected chi connectivity index (χ1v) is 10.9. The molecule has 0 aromatic carbocycles. The highest BCUT2D eigenvalue weighted by atomic mass is 16.2. The van der Waals surface area contributed by atoms with Crippen molar-refractivity contribution in [2.45, 2.75) is 70.4 Å². The Kier molecular flexibility index (Phi) is 5.08. The van der Waals surface area contributed by atoms with E-state index in [1.165, 1.54) is 25.7 Å². The molecule has 2 aliphatic carbocycles. The first-order valence-electron chi connectivity index (χ1n) is 10.9. The van der Waals surface area contributed by atoms with Crippen molar-refractivity contribution < 1.29 is 4.79 Å². The van der Waals surface area contributed by atoms with Gasteiger partial charge in [-0.05, 0) is 56.9 Å². The summed E-state index contributed by atoms with van der Waals surface area (Å²) in [7, 11) is 4.30. The van der Waals surface area contributed by atoms with E-state index in [2.05, 4.69) is 47.7 Å². The van der Waals surface area contributed by atoms with Gasteiger partial charge in [0.2, 0.25) is 5.91 Å². The van der Waals surface area contributed by atoms with E-state index in [-0.39, 0.29) is 23.4 Å². The number of nitrogens with zero attached hydrogens (tertiary/aromatic N) is 3. The molecule has 0 spiro atoms. The van der Waals surface area contributed by atoms with E-state index >= 15 is 0 Å². The number of rotatable bonds is 4. The van der Waals surface area contributed by atoms with Crippen LogP contribution in [0.25, 0.3) is 0 Å². The number of piperidine rings is 2. The Bertz CT molecular complexity index is 676. The smallest absolute Gasteiger partial charge is 0.224 e. The molecule has 150 valence electrons. The van der Waals surface area contributed by atoms with Crippen LogP contribution in [0.4, 0.5) is 0 Å². The Morgan fingerprint density at radius 3 is 2.59 bits per heavy atom. The fraction of sp³-hybridized carbons (Fsp3) is 0.818. The third kappa shape index (κ3) is 3.22. The van der Waals surface area contributed by atoms with E-state index in [1.807, 2.05) is 12.4 Å². The number of imidazole rings is 1. The molecule has 1 aromatic heterocycles. The molecular weight excluding hydrogens is 336 g/mol. The molecule has 1 aromatic rings. The second-order valence-electron chi connectivity index (χ2n) is 9.64. The van der Waals surface area contributed by atoms with E-state index in [4.69, 9.17) is 0 Å². The molecule has 2 saturated carbocycles. The Morgan fingerprint density at radius 1 is 1.22 bits per heavy atom. The minimum Gasteiger partial charge on any atom is -0.344 e. The van der Waals surface area contributed by atoms with Gasteiger partial charge in [-0.1, -0.05) is 26.7 Å². The number of likely N-dealkylation sites (N-methyl/N-ethyl adjacent to an activating group) is 1. The van der Waals surface area contributed by atoms with Crippen LogP contribution in [0.3, 0.4) is 0 Å². The summed E-state index contributed by atoms with van der Waals surface area (Å²) < 4.78 is 2.10. The van der Waals surface area contributed by atoms with Gasteiger partial charge in [0.1, 0.15) is 11.9 Å². The molecule has 2 saturated heterocycles. The van der Waals surface area contributed by atoms with Crippen LogP contribution in [-0.2, 0) is 11.8 Å². The third-order valence-electron chi connectivity index (χ3n) is 8.25. The monoisotopic (exact) mass is 372 g/mol. The van der Waals surface area contributed by atoms with Gasteiger partial charge >= 0.3 is 0 Å². The molecular formula is C22H36N4O. The van der Waals surface area contributed by atoms with Gasteiger partial charge in [0, 0.05) is 37.4 Å². The van der Waals surface area contributed by atoms with Crippen molar-refractivity contribution in [2.24, 2.45) is 30.7 Å². The number of hydrogen-bond acceptors (Lipinski definition) is 3. The van der Waals surface area contributed by atoms with Crippen LogP contribution in [-0.4, -0.2) is 39.5 Å². The lowest BCUT2D eigenvalue weighted by molar-refractivity contribution is -0.132. The molecule has 4 atom stereocenters. The molecule has 27 heavy (non-hydrogen) atoms. The zero-order valence-electron chi connectivity index (χ0n) is 17.4. The maximum atomic E-state index is 13.4. The van der Waals surface area contributed by atoms with E-state index in [0.717, 1.165) is 37.5 Å². The summed E-state index contributed by atoms with van der Waals surface area (Å²) in [6.45, 7) is 5.71. The van der Waals surface area contributed by atoms with E-state index < -0.39 is 0 Å². The first-order chi connectivity index (χ1) is 12.9. The topological polar surface area (TPSA) is 50.2 Å². The minimum atomic E-state index is -0.0271. The average molecular weight is 373 g/mol. The maximum absolute atomic E-state index is 13.4. The van der Waals surface area contributed by atoms with Gasteiger partial charge in [-0.2, -0.15) is 0 Å². The van der Waals surface area contributed by atoms with E-state index in [0.29, 0.717) is 11.8 Å². The summed E-state index contributed by atoms with van der Waals surface area (Å²) >= 11 is 0. The number of fused-ring (bicyclic) bond motifs is 3. The summed E-state index contributed by atoms with van der Waals surface area (Å²) in [5.41, 5.74) is 0.00699. The molecule has 1 amide bonds. The van der Waals surface area contributed by atoms with Gasteiger partial charge in [0.25, 0.3) is 0 Å². The van der Waals surface area contributed by atoms with E-state index in [9.17, 15) is 4.79 Å². The minimum absolute atomic E-state index is 0.00699. The predicted octanol–water partition coefficient (Wildman–Crippen LogP) is 3.52. The highest BCUT2D eigenvalue weighted by Crippen LogP contribution is 2.49. The third-order valence-corrected chi connectivity index (χ3v) is 8.25. The standard InChI is InChI=1S/C22H36N4O/c1-15-6-5-7-18(16(15)2)21(27)24-19(20-23-12-13-25(20)3)22-10-8-17(9-11-22)14-26(22)4/h12-13,15-19H,5-11,14H2,1-4H3,(H,24,27). The highest BCUT2D eigenvalue weighted by Gasteiger charge is 2.52. The lowest BCUT2D eigenvalue weighted by Gasteiger charge is -2.56. The Balaban J connectivity index is 1.63. The fourth-order valence-electron chi connectivity index (χ4n) is 6.12. The van der Waals surface area contributed by atoms with Crippen LogP contribution in [0.5, 0.6) is 0 Å². The van der Waals surface area contributed by atoms with Gasteiger partial charge in [0.15, 0.2) is 0 Å². The van der Waals surface area contributed by atoms with Crippen LogP contribution < -0.4 is 5.32 Å². The second kappa shape index (κ2) is 7.23. The first kappa shape index (κ1) is 19.0. The molecule has 4 fully saturated rings. The highest BCUT2D eigenvalue weighted by molar-refractivity contribution is 5.79. The Labute approximate surface area is 163 Å². The molecule has 3 heterocycles. The van der Waals surface area contributed by atoms with Crippen molar-refractivity contribution in [3.8, 4) is 0 Å². The number of aromatic nitrogens is 2. The van der Waals surface area contributed by atoms with Crippen LogP contribution >= 0.6 is 0 Å². The van der Waals surface area contributed by atoms with Gasteiger partial charge in [-0.15, -0.1) is 0 Å². The van der Waals surface area contributed by atoms with E-state index in [1.54, 1.807) is 0 Å². The van der Waals surface area contributed by atoms with Crippen LogP contribution in [0.15, 0.2) is 12.4 Å². The second-order valence-corrected chi connectivity index (χ2v) is 9.64. The van der Waals surface area contributed by atoms with Gasteiger partial charge in [0.05, 0.1) is 0 Å². The molecule has 2 aliphatic heterocycles. The molecule has 5 nitrogen and oxygen atoms in total. The summed E-state index contributed by atoms with van der Waals surface area (Å²) in [4.78, 5) is 20.6.